The normalized spacial score (nSPS) is 22.8. The molecule has 5 rings (SSSR count). The maximum atomic E-state index is 13.5. The van der Waals surface area contributed by atoms with Crippen molar-refractivity contribution >= 4 is 17.4 Å². The van der Waals surface area contributed by atoms with Gasteiger partial charge in [-0.3, -0.25) is 4.79 Å². The molecule has 0 saturated heterocycles. The fourth-order valence-corrected chi connectivity index (χ4v) is 7.29. The Kier molecular flexibility index (Phi) is 9.03. The number of nitrogens with one attached hydrogen (secondary N) is 1. The number of hydrogen-bond acceptors (Lipinski definition) is 5. The molecule has 2 aliphatic carbocycles. The predicted octanol–water partition coefficient (Wildman–Crippen LogP) is 7.37. The lowest BCUT2D eigenvalue weighted by atomic mass is 9.72. The number of aliphatic hydroxyl groups excluding tert-OH is 1. The molecule has 2 aromatic carbocycles. The van der Waals surface area contributed by atoms with Crippen LogP contribution in [0, 0.1) is 18.8 Å². The van der Waals surface area contributed by atoms with Crippen LogP contribution in [0.25, 0.3) is 11.3 Å². The van der Waals surface area contributed by atoms with Crippen LogP contribution in [0.15, 0.2) is 48.5 Å². The van der Waals surface area contributed by atoms with E-state index in [2.05, 4.69) is 66.0 Å². The Bertz CT molecular complexity index is 1270. The molecule has 4 unspecified atom stereocenters. The number of aryl methyl sites for hydroxylation is 2. The van der Waals surface area contributed by atoms with Crippen molar-refractivity contribution in [2.45, 2.75) is 89.7 Å². The number of carbonyl (C=O) groups excluding carboxylic acids is 1. The summed E-state index contributed by atoms with van der Waals surface area (Å²) in [6.07, 6.45) is 8.46. The summed E-state index contributed by atoms with van der Waals surface area (Å²) >= 11 is 1.56. The molecule has 1 aromatic heterocycles. The van der Waals surface area contributed by atoms with Crippen molar-refractivity contribution in [1.29, 1.82) is 0 Å². The van der Waals surface area contributed by atoms with Crippen LogP contribution in [0.2, 0.25) is 0 Å². The first-order valence-electron chi connectivity index (χ1n) is 14.7. The van der Waals surface area contributed by atoms with E-state index in [1.54, 1.807) is 18.6 Å². The van der Waals surface area contributed by atoms with Gasteiger partial charge in [0.05, 0.1) is 24.9 Å². The number of amides is 1. The van der Waals surface area contributed by atoms with Gasteiger partial charge in [-0.1, -0.05) is 56.5 Å². The minimum Gasteiger partial charge on any atom is -0.496 e. The second-order valence-electron chi connectivity index (χ2n) is 11.5. The van der Waals surface area contributed by atoms with E-state index >= 15 is 0 Å². The summed E-state index contributed by atoms with van der Waals surface area (Å²) in [4.78, 5) is 14.8. The molecule has 0 aliphatic heterocycles. The molecule has 39 heavy (non-hydrogen) atoms. The Morgan fingerprint density at radius 3 is 2.62 bits per heavy atom. The number of methoxy groups -OCH3 is 1. The molecule has 0 radical (unpaired) electrons. The Morgan fingerprint density at radius 1 is 1.10 bits per heavy atom. The van der Waals surface area contributed by atoms with Gasteiger partial charge in [0.1, 0.15) is 5.75 Å². The van der Waals surface area contributed by atoms with Crippen LogP contribution in [0.4, 0.5) is 0 Å². The van der Waals surface area contributed by atoms with E-state index in [0.717, 1.165) is 73.1 Å². The molecule has 0 spiro atoms. The molecule has 2 N–H and O–H groups in total. The standard InChI is InChI=1S/C33H42N2O3S/c1-4-27-20-29(35-39-27)24-11-8-12-25(18-24)32(34-33(37)22-9-6-5-7-10-22)26-13-15-28(30(36)19-26)23-14-16-31(38-3)21(2)17-23/h8,11-12,14,16-18,20,22,26,28,30,32,36H,4-7,9-10,13,15,19H2,1-3H3,(H,34,37). The molecule has 1 amide bonds. The van der Waals surface area contributed by atoms with Crippen LogP contribution in [0.5, 0.6) is 5.75 Å². The number of hydrogen-bond donors (Lipinski definition) is 2. The zero-order valence-corrected chi connectivity index (χ0v) is 24.3. The van der Waals surface area contributed by atoms with Crippen LogP contribution < -0.4 is 10.1 Å². The van der Waals surface area contributed by atoms with Gasteiger partial charge in [0, 0.05) is 22.3 Å². The highest BCUT2D eigenvalue weighted by atomic mass is 32.1. The summed E-state index contributed by atoms with van der Waals surface area (Å²) in [5, 5.41) is 14.9. The van der Waals surface area contributed by atoms with E-state index < -0.39 is 6.10 Å². The zero-order chi connectivity index (χ0) is 27.4. The van der Waals surface area contributed by atoms with Gasteiger partial charge in [-0.25, -0.2) is 0 Å². The summed E-state index contributed by atoms with van der Waals surface area (Å²) in [5.41, 5.74) is 5.45. The summed E-state index contributed by atoms with van der Waals surface area (Å²) < 4.78 is 10.1. The second-order valence-corrected chi connectivity index (χ2v) is 12.3. The van der Waals surface area contributed by atoms with E-state index in [4.69, 9.17) is 4.74 Å². The number of ether oxygens (including phenoxy) is 1. The van der Waals surface area contributed by atoms with Gasteiger partial charge < -0.3 is 15.2 Å². The van der Waals surface area contributed by atoms with Crippen molar-refractivity contribution in [3.05, 3.63) is 70.1 Å². The zero-order valence-electron chi connectivity index (χ0n) is 23.5. The SMILES string of the molecule is CCc1cc(-c2cccc(C(NC(=O)C3CCCCC3)C3CCC(c4ccc(OC)c(C)c4)C(O)C3)c2)ns1. The van der Waals surface area contributed by atoms with Crippen molar-refractivity contribution in [1.82, 2.24) is 9.69 Å². The Balaban J connectivity index is 1.39. The first kappa shape index (κ1) is 27.9. The first-order valence-corrected chi connectivity index (χ1v) is 15.4. The average Bonchev–Trinajstić information content (AvgIpc) is 3.46. The van der Waals surface area contributed by atoms with E-state index in [0.29, 0.717) is 6.42 Å². The molecule has 2 saturated carbocycles. The Labute approximate surface area is 237 Å². The molecule has 6 heteroatoms. The molecule has 2 aliphatic rings. The van der Waals surface area contributed by atoms with Crippen LogP contribution in [-0.4, -0.2) is 28.6 Å². The van der Waals surface area contributed by atoms with Crippen LogP contribution in [0.1, 0.15) is 91.8 Å². The lowest BCUT2D eigenvalue weighted by Gasteiger charge is -2.38. The molecule has 1 heterocycles. The Morgan fingerprint density at radius 2 is 1.92 bits per heavy atom. The molecular weight excluding hydrogens is 504 g/mol. The topological polar surface area (TPSA) is 71.5 Å². The van der Waals surface area contributed by atoms with Crippen molar-refractivity contribution in [3.8, 4) is 17.0 Å². The highest BCUT2D eigenvalue weighted by molar-refractivity contribution is 7.06. The summed E-state index contributed by atoms with van der Waals surface area (Å²) in [5.74, 6) is 1.40. The highest BCUT2D eigenvalue weighted by Gasteiger charge is 2.36. The van der Waals surface area contributed by atoms with Crippen molar-refractivity contribution in [3.63, 3.8) is 0 Å². The number of aromatic nitrogens is 1. The number of benzene rings is 2. The van der Waals surface area contributed by atoms with Crippen LogP contribution in [-0.2, 0) is 11.2 Å². The fraction of sp³-hybridized carbons (Fsp3) is 0.515. The largest absolute Gasteiger partial charge is 0.496 e. The second kappa shape index (κ2) is 12.6. The van der Waals surface area contributed by atoms with Crippen molar-refractivity contribution in [2.75, 3.05) is 7.11 Å². The third-order valence-corrected chi connectivity index (χ3v) is 9.83. The highest BCUT2D eigenvalue weighted by Crippen LogP contribution is 2.43. The number of carbonyl (C=O) groups is 1. The Hall–Kier alpha value is -2.70. The quantitative estimate of drug-likeness (QED) is 0.309. The van der Waals surface area contributed by atoms with Gasteiger partial charge >= 0.3 is 0 Å². The molecule has 208 valence electrons. The smallest absolute Gasteiger partial charge is 0.223 e. The van der Waals surface area contributed by atoms with E-state index in [9.17, 15) is 9.90 Å². The molecule has 2 fully saturated rings. The van der Waals surface area contributed by atoms with E-state index in [1.165, 1.54) is 16.9 Å². The molecule has 4 atom stereocenters. The van der Waals surface area contributed by atoms with Gasteiger partial charge in [0.2, 0.25) is 5.91 Å². The fourth-order valence-electron chi connectivity index (χ4n) is 6.62. The summed E-state index contributed by atoms with van der Waals surface area (Å²) in [6, 6.07) is 16.8. The summed E-state index contributed by atoms with van der Waals surface area (Å²) in [6.45, 7) is 4.20. The van der Waals surface area contributed by atoms with Crippen molar-refractivity contribution in [2.24, 2.45) is 11.8 Å². The summed E-state index contributed by atoms with van der Waals surface area (Å²) in [7, 11) is 1.69. The van der Waals surface area contributed by atoms with E-state index in [1.807, 2.05) is 6.07 Å². The number of rotatable bonds is 8. The molecule has 0 bridgehead atoms. The third kappa shape index (κ3) is 6.38. The maximum Gasteiger partial charge on any atom is 0.223 e. The van der Waals surface area contributed by atoms with Gasteiger partial charge in [-0.15, -0.1) is 0 Å². The van der Waals surface area contributed by atoms with Gasteiger partial charge in [-0.2, -0.15) is 4.37 Å². The van der Waals surface area contributed by atoms with E-state index in [-0.39, 0.29) is 29.7 Å². The van der Waals surface area contributed by atoms with Crippen LogP contribution in [0.3, 0.4) is 0 Å². The van der Waals surface area contributed by atoms with Gasteiger partial charge in [0.15, 0.2) is 0 Å². The van der Waals surface area contributed by atoms with Gasteiger partial charge in [-0.05, 0) is 97.8 Å². The number of aliphatic hydroxyl groups is 1. The maximum absolute atomic E-state index is 13.5. The monoisotopic (exact) mass is 546 g/mol. The van der Waals surface area contributed by atoms with Gasteiger partial charge in [0.25, 0.3) is 0 Å². The van der Waals surface area contributed by atoms with Crippen LogP contribution >= 0.6 is 11.5 Å². The first-order chi connectivity index (χ1) is 19.0. The minimum atomic E-state index is -0.459. The molecular formula is C33H42N2O3S. The molecule has 3 aromatic rings. The molecule has 5 nitrogen and oxygen atoms in total. The minimum absolute atomic E-state index is 0.0920. The lowest BCUT2D eigenvalue weighted by molar-refractivity contribution is -0.127. The average molecular weight is 547 g/mol. The predicted molar refractivity (Wildman–Crippen MR) is 158 cm³/mol. The van der Waals surface area contributed by atoms with Crippen molar-refractivity contribution < 1.29 is 14.6 Å². The number of nitrogens with zero attached hydrogens (tertiary/aromatic N) is 1. The lowest BCUT2D eigenvalue weighted by Crippen LogP contribution is -2.41. The third-order valence-electron chi connectivity index (χ3n) is 8.90.